The average molecular weight is 251 g/mol. The van der Waals surface area contributed by atoms with Crippen LogP contribution in [-0.4, -0.2) is 38.4 Å². The standard InChI is InChI=1S/C12H17N3O3/c1-5-15(9(3)16)12(4,11(17)18)10-8(2)13-6-7-14-10/h6-7H,5H2,1-4H3,(H,17,18). The number of amides is 1. The topological polar surface area (TPSA) is 83.4 Å². The Labute approximate surface area is 106 Å². The molecule has 0 aliphatic heterocycles. The molecule has 1 atom stereocenters. The van der Waals surface area contributed by atoms with Crippen molar-refractivity contribution in [2.24, 2.45) is 0 Å². The van der Waals surface area contributed by atoms with E-state index in [0.717, 1.165) is 0 Å². The average Bonchev–Trinajstić information content (AvgIpc) is 2.29. The molecular weight excluding hydrogens is 234 g/mol. The summed E-state index contributed by atoms with van der Waals surface area (Å²) < 4.78 is 0. The van der Waals surface area contributed by atoms with Crippen molar-refractivity contribution in [1.82, 2.24) is 14.9 Å². The molecule has 0 aromatic carbocycles. The zero-order chi connectivity index (χ0) is 13.9. The third kappa shape index (κ3) is 2.18. The van der Waals surface area contributed by atoms with Crippen molar-refractivity contribution in [2.45, 2.75) is 33.2 Å². The van der Waals surface area contributed by atoms with Gasteiger partial charge in [0, 0.05) is 25.9 Å². The van der Waals surface area contributed by atoms with Gasteiger partial charge in [-0.3, -0.25) is 14.8 Å². The summed E-state index contributed by atoms with van der Waals surface area (Å²) in [5.74, 6) is -1.43. The lowest BCUT2D eigenvalue weighted by Gasteiger charge is -2.36. The molecule has 0 radical (unpaired) electrons. The number of carbonyl (C=O) groups excluding carboxylic acids is 1. The van der Waals surface area contributed by atoms with Crippen LogP contribution in [0.5, 0.6) is 0 Å². The highest BCUT2D eigenvalue weighted by molar-refractivity contribution is 5.86. The van der Waals surface area contributed by atoms with Crippen molar-refractivity contribution in [2.75, 3.05) is 6.54 Å². The van der Waals surface area contributed by atoms with Gasteiger partial charge in [-0.1, -0.05) is 0 Å². The Bertz CT molecular complexity index is 475. The molecule has 0 saturated carbocycles. The van der Waals surface area contributed by atoms with E-state index in [4.69, 9.17) is 0 Å². The number of aryl methyl sites for hydroxylation is 1. The first-order chi connectivity index (χ1) is 8.35. The molecule has 1 amide bonds. The number of carboxylic acid groups (broad SMARTS) is 1. The number of aromatic nitrogens is 2. The minimum Gasteiger partial charge on any atom is -0.479 e. The predicted molar refractivity (Wildman–Crippen MR) is 64.8 cm³/mol. The van der Waals surface area contributed by atoms with Gasteiger partial charge in [0.2, 0.25) is 5.91 Å². The van der Waals surface area contributed by atoms with Gasteiger partial charge in [0.25, 0.3) is 0 Å². The Morgan fingerprint density at radius 2 is 1.94 bits per heavy atom. The van der Waals surface area contributed by atoms with Crippen molar-refractivity contribution >= 4 is 11.9 Å². The van der Waals surface area contributed by atoms with Gasteiger partial charge in [0.1, 0.15) is 0 Å². The van der Waals surface area contributed by atoms with Gasteiger partial charge in [-0.2, -0.15) is 0 Å². The minimum absolute atomic E-state index is 0.286. The van der Waals surface area contributed by atoms with E-state index in [1.165, 1.54) is 31.1 Å². The molecule has 6 nitrogen and oxygen atoms in total. The highest BCUT2D eigenvalue weighted by atomic mass is 16.4. The summed E-state index contributed by atoms with van der Waals surface area (Å²) in [5.41, 5.74) is -0.712. The Morgan fingerprint density at radius 1 is 1.39 bits per heavy atom. The smallest absolute Gasteiger partial charge is 0.335 e. The third-order valence-electron chi connectivity index (χ3n) is 2.99. The van der Waals surface area contributed by atoms with E-state index in [-0.39, 0.29) is 18.1 Å². The number of nitrogens with zero attached hydrogens (tertiary/aromatic N) is 3. The number of hydrogen-bond donors (Lipinski definition) is 1. The quantitative estimate of drug-likeness (QED) is 0.861. The molecule has 98 valence electrons. The molecule has 6 heteroatoms. The highest BCUT2D eigenvalue weighted by Crippen LogP contribution is 2.28. The zero-order valence-electron chi connectivity index (χ0n) is 11.0. The second-order valence-corrected chi connectivity index (χ2v) is 4.13. The fourth-order valence-corrected chi connectivity index (χ4v) is 2.08. The third-order valence-corrected chi connectivity index (χ3v) is 2.99. The zero-order valence-corrected chi connectivity index (χ0v) is 11.0. The molecule has 0 spiro atoms. The van der Waals surface area contributed by atoms with E-state index in [9.17, 15) is 14.7 Å². The lowest BCUT2D eigenvalue weighted by atomic mass is 9.93. The minimum atomic E-state index is -1.50. The number of rotatable bonds is 4. The Morgan fingerprint density at radius 3 is 2.33 bits per heavy atom. The summed E-state index contributed by atoms with van der Waals surface area (Å²) in [6.07, 6.45) is 2.92. The molecule has 0 fully saturated rings. The molecule has 18 heavy (non-hydrogen) atoms. The maximum atomic E-state index is 11.6. The summed E-state index contributed by atoms with van der Waals surface area (Å²) in [6.45, 7) is 6.51. The van der Waals surface area contributed by atoms with Gasteiger partial charge in [0.05, 0.1) is 11.4 Å². The summed E-state index contributed by atoms with van der Waals surface area (Å²) >= 11 is 0. The SMILES string of the molecule is CCN(C(C)=O)C(C)(C(=O)O)c1nccnc1C. The molecule has 0 saturated heterocycles. The van der Waals surface area contributed by atoms with Crippen molar-refractivity contribution < 1.29 is 14.7 Å². The second kappa shape index (κ2) is 5.12. The monoisotopic (exact) mass is 251 g/mol. The maximum absolute atomic E-state index is 11.6. The molecule has 1 N–H and O–H groups in total. The van der Waals surface area contributed by atoms with Crippen LogP contribution < -0.4 is 0 Å². The van der Waals surface area contributed by atoms with Crippen LogP contribution in [-0.2, 0) is 15.1 Å². The molecule has 1 aromatic heterocycles. The van der Waals surface area contributed by atoms with Gasteiger partial charge >= 0.3 is 5.97 Å². The van der Waals surface area contributed by atoms with Crippen LogP contribution in [0.15, 0.2) is 12.4 Å². The van der Waals surface area contributed by atoms with Crippen LogP contribution in [0, 0.1) is 6.92 Å². The van der Waals surface area contributed by atoms with Crippen molar-refractivity contribution in [3.8, 4) is 0 Å². The number of carboxylic acids is 1. The predicted octanol–water partition coefficient (Wildman–Crippen LogP) is 0.953. The fourth-order valence-electron chi connectivity index (χ4n) is 2.08. The second-order valence-electron chi connectivity index (χ2n) is 4.13. The first kappa shape index (κ1) is 14.1. The van der Waals surface area contributed by atoms with Gasteiger partial charge in [-0.05, 0) is 20.8 Å². The molecule has 1 heterocycles. The van der Waals surface area contributed by atoms with Gasteiger partial charge in [-0.15, -0.1) is 0 Å². The van der Waals surface area contributed by atoms with Crippen molar-refractivity contribution in [3.05, 3.63) is 23.8 Å². The van der Waals surface area contributed by atoms with E-state index in [0.29, 0.717) is 5.69 Å². The maximum Gasteiger partial charge on any atom is 0.335 e. The number of likely N-dealkylation sites (N-methyl/N-ethyl adjacent to an activating group) is 1. The molecule has 1 rings (SSSR count). The van der Waals surface area contributed by atoms with Crippen LogP contribution in [0.3, 0.4) is 0 Å². The van der Waals surface area contributed by atoms with E-state index < -0.39 is 11.5 Å². The van der Waals surface area contributed by atoms with Crippen LogP contribution >= 0.6 is 0 Å². The summed E-state index contributed by atoms with van der Waals surface area (Å²) in [5, 5.41) is 9.50. The van der Waals surface area contributed by atoms with Crippen LogP contribution in [0.4, 0.5) is 0 Å². The highest BCUT2D eigenvalue weighted by Gasteiger charge is 2.44. The summed E-state index contributed by atoms with van der Waals surface area (Å²) in [6, 6.07) is 0. The number of aliphatic carboxylic acids is 1. The van der Waals surface area contributed by atoms with Gasteiger partial charge < -0.3 is 10.0 Å². The van der Waals surface area contributed by atoms with Crippen molar-refractivity contribution in [1.29, 1.82) is 0 Å². The molecule has 0 aliphatic carbocycles. The number of carbonyl (C=O) groups is 2. The molecule has 0 bridgehead atoms. The summed E-state index contributed by atoms with van der Waals surface area (Å²) in [4.78, 5) is 32.6. The molecule has 1 unspecified atom stereocenters. The van der Waals surface area contributed by atoms with E-state index in [1.807, 2.05) is 0 Å². The van der Waals surface area contributed by atoms with Crippen molar-refractivity contribution in [3.63, 3.8) is 0 Å². The molecular formula is C12H17N3O3. The molecule has 1 aromatic rings. The Balaban J connectivity index is 3.45. The van der Waals surface area contributed by atoms with Gasteiger partial charge in [-0.25, -0.2) is 4.79 Å². The largest absolute Gasteiger partial charge is 0.479 e. The van der Waals surface area contributed by atoms with E-state index in [1.54, 1.807) is 13.8 Å². The van der Waals surface area contributed by atoms with E-state index in [2.05, 4.69) is 9.97 Å². The Hall–Kier alpha value is -1.98. The Kier molecular flexibility index (Phi) is 4.00. The summed E-state index contributed by atoms with van der Waals surface area (Å²) in [7, 11) is 0. The van der Waals surface area contributed by atoms with Crippen LogP contribution in [0.25, 0.3) is 0 Å². The lowest BCUT2D eigenvalue weighted by molar-refractivity contribution is -0.158. The first-order valence-electron chi connectivity index (χ1n) is 5.65. The van der Waals surface area contributed by atoms with E-state index >= 15 is 0 Å². The van der Waals surface area contributed by atoms with Crippen LogP contribution in [0.1, 0.15) is 32.2 Å². The number of hydrogen-bond acceptors (Lipinski definition) is 4. The normalized spacial score (nSPS) is 13.8. The van der Waals surface area contributed by atoms with Crippen LogP contribution in [0.2, 0.25) is 0 Å². The lowest BCUT2D eigenvalue weighted by Crippen LogP contribution is -2.52. The molecule has 0 aliphatic rings. The van der Waals surface area contributed by atoms with Gasteiger partial charge in [0.15, 0.2) is 5.54 Å². The fraction of sp³-hybridized carbons (Fsp3) is 0.500. The first-order valence-corrected chi connectivity index (χ1v) is 5.65.